The van der Waals surface area contributed by atoms with E-state index < -0.39 is 18.1 Å². The normalized spacial score (nSPS) is 43.8. The summed E-state index contributed by atoms with van der Waals surface area (Å²) in [5, 5.41) is 2.87. The Morgan fingerprint density at radius 1 is 1.40 bits per heavy atom. The Bertz CT molecular complexity index is 154. The molecule has 1 N–H and O–H groups in total. The third-order valence-corrected chi connectivity index (χ3v) is 2.31. The first-order valence-corrected chi connectivity index (χ1v) is 3.39. The molecule has 10 heavy (non-hydrogen) atoms. The summed E-state index contributed by atoms with van der Waals surface area (Å²) in [5.74, 6) is -2.59. The largest absolute Gasteiger partial charge is 0.361 e. The van der Waals surface area contributed by atoms with Crippen molar-refractivity contribution in [2.75, 3.05) is 19.7 Å². The zero-order valence-electron chi connectivity index (χ0n) is 5.49. The molecule has 1 spiro atoms. The molecule has 2 heterocycles. The second-order valence-electron chi connectivity index (χ2n) is 2.91. The number of alkyl halides is 2. The summed E-state index contributed by atoms with van der Waals surface area (Å²) in [7, 11) is 0. The number of ether oxygens (including phenoxy) is 1. The van der Waals surface area contributed by atoms with E-state index in [1.807, 2.05) is 0 Å². The molecule has 2 saturated heterocycles. The lowest BCUT2D eigenvalue weighted by molar-refractivity contribution is -0.319. The van der Waals surface area contributed by atoms with Crippen molar-refractivity contribution in [3.63, 3.8) is 0 Å². The fraction of sp³-hybridized carbons (Fsp3) is 1.00. The molecule has 0 radical (unpaired) electrons. The SMILES string of the molecule is FC1(F)COC12CCNC2. The van der Waals surface area contributed by atoms with Crippen molar-refractivity contribution >= 4 is 0 Å². The van der Waals surface area contributed by atoms with Crippen LogP contribution in [0.1, 0.15) is 6.42 Å². The van der Waals surface area contributed by atoms with Gasteiger partial charge in [-0.15, -0.1) is 0 Å². The van der Waals surface area contributed by atoms with Crippen LogP contribution in [0.2, 0.25) is 0 Å². The van der Waals surface area contributed by atoms with Crippen molar-refractivity contribution in [1.82, 2.24) is 5.32 Å². The Balaban J connectivity index is 2.15. The Labute approximate surface area is 57.5 Å². The van der Waals surface area contributed by atoms with Crippen LogP contribution in [0, 0.1) is 0 Å². The van der Waals surface area contributed by atoms with Crippen LogP contribution in [0.15, 0.2) is 0 Å². The van der Waals surface area contributed by atoms with Gasteiger partial charge < -0.3 is 10.1 Å². The van der Waals surface area contributed by atoms with E-state index in [0.29, 0.717) is 19.5 Å². The van der Waals surface area contributed by atoms with Crippen LogP contribution < -0.4 is 5.32 Å². The number of hydrogen-bond acceptors (Lipinski definition) is 2. The lowest BCUT2D eigenvalue weighted by Gasteiger charge is -2.45. The van der Waals surface area contributed by atoms with Gasteiger partial charge in [0, 0.05) is 6.54 Å². The molecule has 0 amide bonds. The topological polar surface area (TPSA) is 21.3 Å². The van der Waals surface area contributed by atoms with Crippen molar-refractivity contribution < 1.29 is 13.5 Å². The predicted molar refractivity (Wildman–Crippen MR) is 31.1 cm³/mol. The van der Waals surface area contributed by atoms with Gasteiger partial charge in [0.2, 0.25) is 0 Å². The second-order valence-corrected chi connectivity index (χ2v) is 2.91. The average molecular weight is 149 g/mol. The molecule has 58 valence electrons. The molecular weight excluding hydrogens is 140 g/mol. The van der Waals surface area contributed by atoms with Crippen LogP contribution in [-0.2, 0) is 4.74 Å². The highest BCUT2D eigenvalue weighted by atomic mass is 19.3. The van der Waals surface area contributed by atoms with Crippen LogP contribution in [0.25, 0.3) is 0 Å². The first-order valence-electron chi connectivity index (χ1n) is 3.39. The molecule has 2 aliphatic rings. The molecule has 1 unspecified atom stereocenters. The number of hydrogen-bond donors (Lipinski definition) is 1. The second kappa shape index (κ2) is 1.68. The van der Waals surface area contributed by atoms with Crippen molar-refractivity contribution in [3.05, 3.63) is 0 Å². The van der Waals surface area contributed by atoms with Crippen LogP contribution >= 0.6 is 0 Å². The molecule has 0 saturated carbocycles. The fourth-order valence-electron chi connectivity index (χ4n) is 1.49. The molecule has 0 aromatic heterocycles. The molecule has 2 rings (SSSR count). The maximum atomic E-state index is 12.7. The molecule has 4 heteroatoms. The summed E-state index contributed by atoms with van der Waals surface area (Å²) >= 11 is 0. The molecule has 0 bridgehead atoms. The van der Waals surface area contributed by atoms with E-state index >= 15 is 0 Å². The van der Waals surface area contributed by atoms with Crippen LogP contribution in [-0.4, -0.2) is 31.2 Å². The third kappa shape index (κ3) is 0.582. The van der Waals surface area contributed by atoms with Gasteiger partial charge in [0.25, 0.3) is 0 Å². The zero-order chi connectivity index (χ0) is 7.24. The number of rotatable bonds is 0. The number of nitrogens with one attached hydrogen (secondary N) is 1. The molecule has 0 aromatic carbocycles. The van der Waals surface area contributed by atoms with Gasteiger partial charge in [0.05, 0.1) is 0 Å². The molecule has 0 aromatic rings. The Morgan fingerprint density at radius 2 is 2.20 bits per heavy atom. The maximum absolute atomic E-state index is 12.7. The minimum absolute atomic E-state index is 0.306. The first-order chi connectivity index (χ1) is 4.66. The van der Waals surface area contributed by atoms with Gasteiger partial charge in [-0.05, 0) is 13.0 Å². The Hall–Kier alpha value is -0.220. The van der Waals surface area contributed by atoms with Crippen LogP contribution in [0.3, 0.4) is 0 Å². The zero-order valence-corrected chi connectivity index (χ0v) is 5.49. The van der Waals surface area contributed by atoms with Gasteiger partial charge in [-0.2, -0.15) is 0 Å². The van der Waals surface area contributed by atoms with E-state index in [2.05, 4.69) is 5.32 Å². The Kier molecular flexibility index (Phi) is 1.09. The molecule has 1 atom stereocenters. The highest BCUT2D eigenvalue weighted by Crippen LogP contribution is 2.45. The van der Waals surface area contributed by atoms with Crippen molar-refractivity contribution in [2.45, 2.75) is 17.9 Å². The summed E-state index contributed by atoms with van der Waals surface area (Å²) in [5.41, 5.74) is -1.13. The standard InChI is InChI=1S/C6H9F2NO/c7-6(8)4-10-5(6)1-2-9-3-5/h9H,1-4H2. The van der Waals surface area contributed by atoms with Crippen LogP contribution in [0.5, 0.6) is 0 Å². The van der Waals surface area contributed by atoms with Crippen LogP contribution in [0.4, 0.5) is 8.78 Å². The highest BCUT2D eigenvalue weighted by Gasteiger charge is 2.64. The molecule has 2 aliphatic heterocycles. The summed E-state index contributed by atoms with van der Waals surface area (Å²) < 4.78 is 30.3. The van der Waals surface area contributed by atoms with Crippen molar-refractivity contribution in [1.29, 1.82) is 0 Å². The molecular formula is C6H9F2NO. The molecule has 2 nitrogen and oxygen atoms in total. The maximum Gasteiger partial charge on any atom is 0.300 e. The predicted octanol–water partition coefficient (Wildman–Crippen LogP) is 0.384. The van der Waals surface area contributed by atoms with Crippen molar-refractivity contribution in [2.24, 2.45) is 0 Å². The van der Waals surface area contributed by atoms with E-state index in [-0.39, 0.29) is 0 Å². The van der Waals surface area contributed by atoms with Crippen molar-refractivity contribution in [3.8, 4) is 0 Å². The van der Waals surface area contributed by atoms with Gasteiger partial charge in [0.1, 0.15) is 12.2 Å². The minimum Gasteiger partial charge on any atom is -0.361 e. The summed E-state index contributed by atoms with van der Waals surface area (Å²) in [6.07, 6.45) is 0.444. The summed E-state index contributed by atoms with van der Waals surface area (Å²) in [4.78, 5) is 0. The quantitative estimate of drug-likeness (QED) is 0.537. The lowest BCUT2D eigenvalue weighted by atomic mass is 9.90. The lowest BCUT2D eigenvalue weighted by Crippen LogP contribution is -2.64. The average Bonchev–Trinajstić information content (AvgIpc) is 2.34. The Morgan fingerprint density at radius 3 is 2.40 bits per heavy atom. The molecule has 2 fully saturated rings. The third-order valence-electron chi connectivity index (χ3n) is 2.31. The van der Waals surface area contributed by atoms with E-state index in [9.17, 15) is 8.78 Å². The van der Waals surface area contributed by atoms with Gasteiger partial charge in [0.15, 0.2) is 0 Å². The van der Waals surface area contributed by atoms with E-state index in [1.165, 1.54) is 0 Å². The minimum atomic E-state index is -2.59. The van der Waals surface area contributed by atoms with E-state index in [1.54, 1.807) is 0 Å². The first kappa shape index (κ1) is 6.49. The monoisotopic (exact) mass is 149 g/mol. The highest BCUT2D eigenvalue weighted by molar-refractivity contribution is 5.07. The summed E-state index contributed by atoms with van der Waals surface area (Å²) in [6, 6.07) is 0. The van der Waals surface area contributed by atoms with Gasteiger partial charge >= 0.3 is 5.92 Å². The van der Waals surface area contributed by atoms with Gasteiger partial charge in [-0.3, -0.25) is 0 Å². The smallest absolute Gasteiger partial charge is 0.300 e. The molecule has 0 aliphatic carbocycles. The van der Waals surface area contributed by atoms with E-state index in [0.717, 1.165) is 0 Å². The van der Waals surface area contributed by atoms with Gasteiger partial charge in [-0.1, -0.05) is 0 Å². The number of halogens is 2. The fourth-order valence-corrected chi connectivity index (χ4v) is 1.49. The summed E-state index contributed by atoms with van der Waals surface area (Å²) in [6.45, 7) is 0.560. The van der Waals surface area contributed by atoms with E-state index in [4.69, 9.17) is 4.74 Å². The van der Waals surface area contributed by atoms with Gasteiger partial charge in [-0.25, -0.2) is 8.78 Å².